The molecule has 1 atom stereocenters. The smallest absolute Gasteiger partial charge is 0.0584 e. The maximum atomic E-state index is 9.25. The Hall–Kier alpha value is -0.0800. The van der Waals surface area contributed by atoms with Crippen molar-refractivity contribution in [2.24, 2.45) is 10.8 Å². The molecule has 0 aliphatic heterocycles. The molecular weight excluding hydrogens is 198 g/mol. The maximum absolute atomic E-state index is 9.25. The van der Waals surface area contributed by atoms with E-state index in [0.717, 1.165) is 6.42 Å². The van der Waals surface area contributed by atoms with Crippen LogP contribution in [0, 0.1) is 10.8 Å². The van der Waals surface area contributed by atoms with Crippen LogP contribution >= 0.6 is 0 Å². The zero-order valence-electron chi connectivity index (χ0n) is 11.6. The highest BCUT2D eigenvalue weighted by molar-refractivity contribution is 4.93. The van der Waals surface area contributed by atoms with Crippen molar-refractivity contribution in [2.75, 3.05) is 6.61 Å². The summed E-state index contributed by atoms with van der Waals surface area (Å²) in [4.78, 5) is 0. The Kier molecular flexibility index (Phi) is 4.42. The number of aliphatic hydroxyl groups excluding tert-OH is 1. The second kappa shape index (κ2) is 5.05. The van der Waals surface area contributed by atoms with Crippen LogP contribution in [-0.4, -0.2) is 23.8 Å². The highest BCUT2D eigenvalue weighted by Gasteiger charge is 2.38. The molecule has 0 heterocycles. The molecule has 1 aliphatic carbocycles. The molecule has 0 unspecified atom stereocenters. The van der Waals surface area contributed by atoms with E-state index in [0.29, 0.717) is 16.9 Å². The van der Waals surface area contributed by atoms with E-state index in [4.69, 9.17) is 0 Å². The van der Waals surface area contributed by atoms with E-state index < -0.39 is 0 Å². The van der Waals surface area contributed by atoms with Crippen LogP contribution in [0.5, 0.6) is 0 Å². The molecule has 2 heteroatoms. The van der Waals surface area contributed by atoms with Gasteiger partial charge in [-0.05, 0) is 36.5 Å². The van der Waals surface area contributed by atoms with Crippen molar-refractivity contribution in [1.29, 1.82) is 0 Å². The van der Waals surface area contributed by atoms with E-state index in [9.17, 15) is 5.11 Å². The predicted octanol–water partition coefficient (Wildman–Crippen LogP) is 2.95. The van der Waals surface area contributed by atoms with Crippen LogP contribution in [-0.2, 0) is 0 Å². The minimum Gasteiger partial charge on any atom is -0.395 e. The van der Waals surface area contributed by atoms with Gasteiger partial charge in [-0.2, -0.15) is 0 Å². The lowest BCUT2D eigenvalue weighted by Gasteiger charge is -2.46. The first-order chi connectivity index (χ1) is 7.28. The van der Waals surface area contributed by atoms with E-state index in [1.165, 1.54) is 19.3 Å². The van der Waals surface area contributed by atoms with Gasteiger partial charge in [0.05, 0.1) is 6.61 Å². The first-order valence-electron chi connectivity index (χ1n) is 6.65. The molecule has 1 aliphatic rings. The lowest BCUT2D eigenvalue weighted by molar-refractivity contribution is 0.0746. The number of rotatable bonds is 4. The molecule has 1 rings (SSSR count). The Bertz CT molecular complexity index is 203. The third-order valence-electron chi connectivity index (χ3n) is 3.74. The third kappa shape index (κ3) is 4.06. The molecule has 0 radical (unpaired) electrons. The highest BCUT2D eigenvalue weighted by Crippen LogP contribution is 2.45. The standard InChI is InChI=1S/C14H29NO/c1-6-11(9-16)15-12-7-13(2,3)10-14(4,5)8-12/h11-12,15-16H,6-10H2,1-5H3/t11-/m0/s1. The lowest BCUT2D eigenvalue weighted by atomic mass is 9.63. The van der Waals surface area contributed by atoms with Gasteiger partial charge in [0.1, 0.15) is 0 Å². The number of aliphatic hydroxyl groups is 1. The van der Waals surface area contributed by atoms with Crippen molar-refractivity contribution in [3.05, 3.63) is 0 Å². The Labute approximate surface area is 101 Å². The largest absolute Gasteiger partial charge is 0.395 e. The third-order valence-corrected chi connectivity index (χ3v) is 3.74. The Balaban J connectivity index is 2.60. The van der Waals surface area contributed by atoms with Crippen molar-refractivity contribution in [3.8, 4) is 0 Å². The molecule has 0 saturated heterocycles. The molecule has 1 fully saturated rings. The fourth-order valence-electron chi connectivity index (χ4n) is 3.60. The Morgan fingerprint density at radius 1 is 1.19 bits per heavy atom. The number of hydrogen-bond donors (Lipinski definition) is 2. The minimum absolute atomic E-state index is 0.258. The van der Waals surface area contributed by atoms with Crippen LogP contribution in [0.2, 0.25) is 0 Å². The molecule has 0 bridgehead atoms. The van der Waals surface area contributed by atoms with Gasteiger partial charge in [0, 0.05) is 12.1 Å². The zero-order chi connectivity index (χ0) is 12.4. The van der Waals surface area contributed by atoms with Gasteiger partial charge in [-0.1, -0.05) is 34.6 Å². The molecule has 16 heavy (non-hydrogen) atoms. The molecule has 0 spiro atoms. The topological polar surface area (TPSA) is 32.3 Å². The maximum Gasteiger partial charge on any atom is 0.0584 e. The van der Waals surface area contributed by atoms with Crippen LogP contribution in [0.1, 0.15) is 60.3 Å². The summed E-state index contributed by atoms with van der Waals surface area (Å²) in [5.41, 5.74) is 0.848. The van der Waals surface area contributed by atoms with Crippen molar-refractivity contribution >= 4 is 0 Å². The van der Waals surface area contributed by atoms with Crippen molar-refractivity contribution in [3.63, 3.8) is 0 Å². The Morgan fingerprint density at radius 3 is 2.06 bits per heavy atom. The molecule has 0 amide bonds. The second-order valence-corrected chi connectivity index (χ2v) is 7.06. The zero-order valence-corrected chi connectivity index (χ0v) is 11.6. The average Bonchev–Trinajstić information content (AvgIpc) is 2.09. The summed E-state index contributed by atoms with van der Waals surface area (Å²) in [6.07, 6.45) is 4.77. The molecule has 0 aromatic carbocycles. The van der Waals surface area contributed by atoms with E-state index in [1.807, 2.05) is 0 Å². The average molecular weight is 227 g/mol. The van der Waals surface area contributed by atoms with E-state index in [-0.39, 0.29) is 12.6 Å². The van der Waals surface area contributed by atoms with Crippen LogP contribution < -0.4 is 5.32 Å². The van der Waals surface area contributed by atoms with Gasteiger partial charge in [0.2, 0.25) is 0 Å². The van der Waals surface area contributed by atoms with Crippen molar-refractivity contribution < 1.29 is 5.11 Å². The lowest BCUT2D eigenvalue weighted by Crippen LogP contribution is -2.48. The van der Waals surface area contributed by atoms with Crippen LogP contribution in [0.25, 0.3) is 0 Å². The quantitative estimate of drug-likeness (QED) is 0.774. The predicted molar refractivity (Wildman–Crippen MR) is 69.5 cm³/mol. The first-order valence-corrected chi connectivity index (χ1v) is 6.65. The molecule has 2 N–H and O–H groups in total. The molecule has 0 aromatic heterocycles. The van der Waals surface area contributed by atoms with Gasteiger partial charge >= 0.3 is 0 Å². The number of hydrogen-bond acceptors (Lipinski definition) is 2. The summed E-state index contributed by atoms with van der Waals surface area (Å²) in [5, 5.41) is 12.9. The van der Waals surface area contributed by atoms with Gasteiger partial charge in [-0.25, -0.2) is 0 Å². The molecule has 0 aromatic rings. The van der Waals surface area contributed by atoms with Gasteiger partial charge in [-0.15, -0.1) is 0 Å². The summed E-state index contributed by atoms with van der Waals surface area (Å²) in [5.74, 6) is 0. The summed E-state index contributed by atoms with van der Waals surface area (Å²) < 4.78 is 0. The summed E-state index contributed by atoms with van der Waals surface area (Å²) >= 11 is 0. The van der Waals surface area contributed by atoms with Crippen molar-refractivity contribution in [1.82, 2.24) is 5.32 Å². The van der Waals surface area contributed by atoms with E-state index >= 15 is 0 Å². The normalized spacial score (nSPS) is 26.6. The van der Waals surface area contributed by atoms with Crippen LogP contribution in [0.15, 0.2) is 0 Å². The first kappa shape index (κ1) is 14.0. The van der Waals surface area contributed by atoms with Gasteiger partial charge in [0.15, 0.2) is 0 Å². The SMILES string of the molecule is CC[C@@H](CO)NC1CC(C)(C)CC(C)(C)C1. The molecular formula is C14H29NO. The van der Waals surface area contributed by atoms with Crippen molar-refractivity contribution in [2.45, 2.75) is 72.4 Å². The highest BCUT2D eigenvalue weighted by atomic mass is 16.3. The van der Waals surface area contributed by atoms with Gasteiger partial charge < -0.3 is 10.4 Å². The summed E-state index contributed by atoms with van der Waals surface area (Å²) in [6.45, 7) is 11.8. The van der Waals surface area contributed by atoms with E-state index in [1.54, 1.807) is 0 Å². The molecule has 1 saturated carbocycles. The monoisotopic (exact) mass is 227 g/mol. The minimum atomic E-state index is 0.258. The Morgan fingerprint density at radius 2 is 1.69 bits per heavy atom. The van der Waals surface area contributed by atoms with Crippen LogP contribution in [0.4, 0.5) is 0 Å². The fraction of sp³-hybridized carbons (Fsp3) is 1.00. The second-order valence-electron chi connectivity index (χ2n) is 7.06. The van der Waals surface area contributed by atoms with Crippen LogP contribution in [0.3, 0.4) is 0 Å². The summed E-state index contributed by atoms with van der Waals surface area (Å²) in [6, 6.07) is 0.838. The van der Waals surface area contributed by atoms with E-state index in [2.05, 4.69) is 39.9 Å². The molecule has 96 valence electrons. The fourth-order valence-corrected chi connectivity index (χ4v) is 3.60. The molecule has 2 nitrogen and oxygen atoms in total. The number of nitrogens with one attached hydrogen (secondary N) is 1. The van der Waals surface area contributed by atoms with Gasteiger partial charge in [-0.3, -0.25) is 0 Å². The summed E-state index contributed by atoms with van der Waals surface area (Å²) in [7, 11) is 0. The van der Waals surface area contributed by atoms with Gasteiger partial charge in [0.25, 0.3) is 0 Å².